The van der Waals surface area contributed by atoms with Crippen molar-refractivity contribution in [2.75, 3.05) is 57.9 Å². The third kappa shape index (κ3) is 8.54. The van der Waals surface area contributed by atoms with Crippen molar-refractivity contribution in [2.45, 2.75) is 98.1 Å². The average Bonchev–Trinajstić information content (AvgIpc) is 3.42. The largest absolute Gasteiger partial charge is 0.490 e. The number of carbonyl (C=O) groups is 1. The van der Waals surface area contributed by atoms with Gasteiger partial charge in [0, 0.05) is 44.2 Å². The smallest absolute Gasteiger partial charge is 0.416 e. The van der Waals surface area contributed by atoms with Gasteiger partial charge in [-0.05, 0) is 113 Å². The summed E-state index contributed by atoms with van der Waals surface area (Å²) in [6.07, 6.45) is 2.33. The Labute approximate surface area is 308 Å². The molecule has 1 aromatic carbocycles. The summed E-state index contributed by atoms with van der Waals surface area (Å²) in [6.45, 7) is 22.8. The van der Waals surface area contributed by atoms with Crippen molar-refractivity contribution in [1.29, 1.82) is 0 Å². The first-order chi connectivity index (χ1) is 24.5. The van der Waals surface area contributed by atoms with Crippen LogP contribution in [0.1, 0.15) is 94.9 Å². The minimum Gasteiger partial charge on any atom is -0.490 e. The number of aryl methyl sites for hydroxylation is 2. The molecule has 0 radical (unpaired) electrons. The van der Waals surface area contributed by atoms with Crippen LogP contribution in [0, 0.1) is 19.3 Å². The van der Waals surface area contributed by atoms with Gasteiger partial charge in [0.15, 0.2) is 23.3 Å². The first-order valence-corrected chi connectivity index (χ1v) is 18.6. The Hall–Kier alpha value is -4.18. The van der Waals surface area contributed by atoms with E-state index >= 15 is 0 Å². The normalized spacial score (nSPS) is 18.2. The molecule has 0 N–H and O–H groups in total. The van der Waals surface area contributed by atoms with Crippen LogP contribution in [-0.2, 0) is 26.2 Å². The Morgan fingerprint density at radius 3 is 2.35 bits per heavy atom. The highest BCUT2D eigenvalue weighted by Crippen LogP contribution is 2.43. The first-order valence-electron chi connectivity index (χ1n) is 18.6. The number of pyridine rings is 1. The number of rotatable bonds is 9. The molecule has 0 aliphatic carbocycles. The highest BCUT2D eigenvalue weighted by atomic mass is 16.6. The second-order valence-electron chi connectivity index (χ2n) is 17.1. The maximum absolute atomic E-state index is 13.0. The average molecular weight is 713 g/mol. The maximum atomic E-state index is 13.0. The summed E-state index contributed by atoms with van der Waals surface area (Å²) in [7, 11) is 1.56. The topological polar surface area (TPSA) is 102 Å². The van der Waals surface area contributed by atoms with E-state index in [1.165, 1.54) is 11.1 Å². The van der Waals surface area contributed by atoms with E-state index in [1.807, 2.05) is 50.5 Å². The molecule has 1 atom stereocenters. The van der Waals surface area contributed by atoms with E-state index in [1.54, 1.807) is 12.0 Å². The Morgan fingerprint density at radius 2 is 1.73 bits per heavy atom. The molecule has 5 heterocycles. The van der Waals surface area contributed by atoms with Crippen molar-refractivity contribution in [3.8, 4) is 11.4 Å². The Morgan fingerprint density at radius 1 is 1.00 bits per heavy atom. The summed E-state index contributed by atoms with van der Waals surface area (Å²) in [5.74, 6) is 3.60. The van der Waals surface area contributed by atoms with Crippen molar-refractivity contribution >= 4 is 17.9 Å². The number of likely N-dealkylation sites (tertiary alicyclic amines) is 2. The summed E-state index contributed by atoms with van der Waals surface area (Å²) in [4.78, 5) is 36.3. The quantitative estimate of drug-likeness (QED) is 0.176. The van der Waals surface area contributed by atoms with Crippen LogP contribution < -0.4 is 9.64 Å². The van der Waals surface area contributed by atoms with Crippen molar-refractivity contribution in [2.24, 2.45) is 5.41 Å². The predicted octanol–water partition coefficient (Wildman–Crippen LogP) is 6.75. The molecule has 52 heavy (non-hydrogen) atoms. The van der Waals surface area contributed by atoms with E-state index in [0.29, 0.717) is 42.3 Å². The number of carbonyl (C=O) groups excluding carboxylic acids is 2. The molecule has 3 aromatic rings. The van der Waals surface area contributed by atoms with Crippen molar-refractivity contribution < 1.29 is 23.8 Å². The molecule has 3 aliphatic rings. The number of ether oxygens (including phenoxy) is 3. The van der Waals surface area contributed by atoms with Gasteiger partial charge in [0.2, 0.25) is 0 Å². The van der Waals surface area contributed by atoms with Gasteiger partial charge in [-0.2, -0.15) is 5.10 Å². The number of benzene rings is 1. The highest BCUT2D eigenvalue weighted by Gasteiger charge is 2.45. The molecule has 0 unspecified atom stereocenters. The van der Waals surface area contributed by atoms with E-state index in [2.05, 4.69) is 61.8 Å². The van der Waals surface area contributed by atoms with Crippen LogP contribution in [-0.4, -0.2) is 95.2 Å². The SMILES string of the molecule is COC(=C=O)C[C@H](CN1CC2(CCN(Cc3ccc4c(n3)N(C(=O)OC(C)(C)C)CCO4)CC2)C1)c1cc(-n2nc(C)cc2C)cc(C(C)(C)C)c1. The third-order valence-corrected chi connectivity index (χ3v) is 10.6. The van der Waals surface area contributed by atoms with Crippen LogP contribution in [0.2, 0.25) is 0 Å². The zero-order chi connectivity index (χ0) is 37.4. The number of methoxy groups -OCH3 is 1. The van der Waals surface area contributed by atoms with E-state index in [-0.39, 0.29) is 11.3 Å². The number of allylic oxidation sites excluding steroid dienone is 1. The van der Waals surface area contributed by atoms with E-state index in [0.717, 1.165) is 74.9 Å². The van der Waals surface area contributed by atoms with Crippen LogP contribution >= 0.6 is 0 Å². The Balaban J connectivity index is 1.12. The van der Waals surface area contributed by atoms with E-state index in [9.17, 15) is 9.59 Å². The molecule has 1 amide bonds. The zero-order valence-corrected chi connectivity index (χ0v) is 32.5. The molecule has 280 valence electrons. The van der Waals surface area contributed by atoms with Gasteiger partial charge >= 0.3 is 6.09 Å². The fraction of sp³-hybridized carbons (Fsp3) is 0.585. The standard InChI is InChI=1S/C41H56N6O5/c1-28-18-29(2)47(43-28)34-20-30(19-32(22-34)39(3,4)5)31(21-35(25-48)50-9)23-45-26-41(27-45)12-14-44(15-13-41)24-33-10-11-36-37(42-33)46(16-17-51-36)38(49)52-40(6,7)8/h10-11,18-20,22,31H,12-17,21,23-24,26-27H2,1-9H3/t31-/m1/s1. The van der Waals surface area contributed by atoms with Gasteiger partial charge in [0.05, 0.1) is 30.7 Å². The number of anilines is 1. The number of hydrogen-bond donors (Lipinski definition) is 0. The monoisotopic (exact) mass is 712 g/mol. The lowest BCUT2D eigenvalue weighted by atomic mass is 9.71. The van der Waals surface area contributed by atoms with E-state index in [4.69, 9.17) is 24.3 Å². The van der Waals surface area contributed by atoms with Gasteiger partial charge in [-0.25, -0.2) is 19.3 Å². The zero-order valence-electron chi connectivity index (χ0n) is 32.5. The van der Waals surface area contributed by atoms with Crippen LogP contribution in [0.4, 0.5) is 10.6 Å². The number of aromatic nitrogens is 3. The molecule has 11 nitrogen and oxygen atoms in total. The lowest BCUT2D eigenvalue weighted by molar-refractivity contribution is -0.0508. The molecule has 2 saturated heterocycles. The summed E-state index contributed by atoms with van der Waals surface area (Å²) < 4.78 is 19.0. The molecule has 3 aliphatic heterocycles. The number of amides is 1. The molecule has 11 heteroatoms. The van der Waals surface area contributed by atoms with Crippen LogP contribution in [0.25, 0.3) is 5.69 Å². The predicted molar refractivity (Wildman–Crippen MR) is 202 cm³/mol. The highest BCUT2D eigenvalue weighted by molar-refractivity contribution is 5.89. The summed E-state index contributed by atoms with van der Waals surface area (Å²) >= 11 is 0. The number of fused-ring (bicyclic) bond motifs is 1. The van der Waals surface area contributed by atoms with Crippen LogP contribution in [0.3, 0.4) is 0 Å². The molecular weight excluding hydrogens is 656 g/mol. The lowest BCUT2D eigenvalue weighted by Crippen LogP contribution is -2.60. The molecular formula is C41H56N6O5. The number of hydrogen-bond acceptors (Lipinski definition) is 9. The Bertz CT molecular complexity index is 1820. The Kier molecular flexibility index (Phi) is 10.6. The first kappa shape index (κ1) is 37.6. The minimum atomic E-state index is -0.589. The van der Waals surface area contributed by atoms with Gasteiger partial charge in [0.25, 0.3) is 0 Å². The van der Waals surface area contributed by atoms with Gasteiger partial charge in [0.1, 0.15) is 12.2 Å². The van der Waals surface area contributed by atoms with Crippen molar-refractivity contribution in [1.82, 2.24) is 24.6 Å². The molecule has 6 rings (SSSR count). The molecule has 0 bridgehead atoms. The van der Waals surface area contributed by atoms with Crippen molar-refractivity contribution in [3.63, 3.8) is 0 Å². The summed E-state index contributed by atoms with van der Waals surface area (Å²) in [5, 5.41) is 4.80. The van der Waals surface area contributed by atoms with Gasteiger partial charge in [-0.3, -0.25) is 9.80 Å². The molecule has 1 spiro atoms. The molecule has 2 fully saturated rings. The lowest BCUT2D eigenvalue weighted by Gasteiger charge is -2.55. The van der Waals surface area contributed by atoms with Crippen molar-refractivity contribution in [3.05, 3.63) is 70.4 Å². The second kappa shape index (κ2) is 14.7. The number of piperidine rings is 1. The minimum absolute atomic E-state index is 0.0613. The fourth-order valence-corrected chi connectivity index (χ4v) is 7.78. The third-order valence-electron chi connectivity index (χ3n) is 10.6. The maximum Gasteiger partial charge on any atom is 0.416 e. The van der Waals surface area contributed by atoms with Gasteiger partial charge in [-0.1, -0.05) is 26.8 Å². The molecule has 2 aromatic heterocycles. The van der Waals surface area contributed by atoms with Gasteiger partial charge in [-0.15, -0.1) is 0 Å². The number of nitrogens with zero attached hydrogens (tertiary/aromatic N) is 6. The molecule has 0 saturated carbocycles. The summed E-state index contributed by atoms with van der Waals surface area (Å²) in [6, 6.07) is 12.8. The van der Waals surface area contributed by atoms with Crippen LogP contribution in [0.15, 0.2) is 42.2 Å². The second-order valence-corrected chi connectivity index (χ2v) is 17.1. The summed E-state index contributed by atoms with van der Waals surface area (Å²) in [5.41, 5.74) is 6.09. The fourth-order valence-electron chi connectivity index (χ4n) is 7.78. The van der Waals surface area contributed by atoms with E-state index < -0.39 is 11.7 Å². The van der Waals surface area contributed by atoms with Crippen LogP contribution in [0.5, 0.6) is 5.75 Å². The van der Waals surface area contributed by atoms with Gasteiger partial charge < -0.3 is 19.1 Å².